The zero-order valence-corrected chi connectivity index (χ0v) is 11.0. The first-order valence-electron chi connectivity index (χ1n) is 6.02. The van der Waals surface area contributed by atoms with Gasteiger partial charge in [-0.1, -0.05) is 6.92 Å². The lowest BCUT2D eigenvalue weighted by atomic mass is 10.2. The lowest BCUT2D eigenvalue weighted by molar-refractivity contribution is -0.131. The maximum atomic E-state index is 11.5. The van der Waals surface area contributed by atoms with Gasteiger partial charge in [0.1, 0.15) is 0 Å². The van der Waals surface area contributed by atoms with E-state index < -0.39 is 17.8 Å². The zero-order valence-electron chi connectivity index (χ0n) is 11.0. The molecule has 0 fully saturated rings. The van der Waals surface area contributed by atoms with Crippen molar-refractivity contribution in [3.63, 3.8) is 0 Å². The molecule has 0 saturated carbocycles. The molecule has 1 rings (SSSR count). The van der Waals surface area contributed by atoms with Crippen LogP contribution in [0.2, 0.25) is 0 Å². The van der Waals surface area contributed by atoms with Gasteiger partial charge < -0.3 is 15.2 Å². The van der Waals surface area contributed by atoms with Crippen LogP contribution in [-0.4, -0.2) is 29.6 Å². The number of aliphatic carboxylic acids is 1. The Morgan fingerprint density at radius 2 is 1.85 bits per heavy atom. The maximum Gasteiger partial charge on any atom is 0.338 e. The van der Waals surface area contributed by atoms with Gasteiger partial charge in [0.2, 0.25) is 5.91 Å². The summed E-state index contributed by atoms with van der Waals surface area (Å²) >= 11 is 0. The molecule has 2 N–H and O–H groups in total. The number of esters is 1. The Morgan fingerprint density at radius 3 is 2.40 bits per heavy atom. The van der Waals surface area contributed by atoms with E-state index in [1.165, 1.54) is 24.3 Å². The van der Waals surface area contributed by atoms with Gasteiger partial charge in [-0.25, -0.2) is 9.59 Å². The summed E-state index contributed by atoms with van der Waals surface area (Å²) in [4.78, 5) is 33.1. The molecule has 6 nitrogen and oxygen atoms in total. The average molecular weight is 277 g/mol. The van der Waals surface area contributed by atoms with E-state index in [0.717, 1.165) is 18.6 Å². The molecule has 0 spiro atoms. The van der Waals surface area contributed by atoms with Gasteiger partial charge >= 0.3 is 11.9 Å². The molecule has 1 aromatic rings. The first-order chi connectivity index (χ1) is 9.52. The molecule has 0 saturated heterocycles. The van der Waals surface area contributed by atoms with Crippen molar-refractivity contribution < 1.29 is 24.2 Å². The van der Waals surface area contributed by atoms with Crippen molar-refractivity contribution in [1.29, 1.82) is 0 Å². The average Bonchev–Trinajstić information content (AvgIpc) is 2.43. The fraction of sp³-hybridized carbons (Fsp3) is 0.214. The van der Waals surface area contributed by atoms with Gasteiger partial charge in [-0.2, -0.15) is 0 Å². The molecule has 1 amide bonds. The molecular formula is C14H15NO5. The molecule has 0 radical (unpaired) electrons. The van der Waals surface area contributed by atoms with Crippen molar-refractivity contribution in [2.24, 2.45) is 0 Å². The van der Waals surface area contributed by atoms with Gasteiger partial charge in [0.25, 0.3) is 0 Å². The molecule has 0 aliphatic rings. The van der Waals surface area contributed by atoms with E-state index in [1.54, 1.807) is 0 Å². The zero-order chi connectivity index (χ0) is 15.0. The first-order valence-corrected chi connectivity index (χ1v) is 6.02. The molecular weight excluding hydrogens is 262 g/mol. The molecule has 0 aliphatic carbocycles. The summed E-state index contributed by atoms with van der Waals surface area (Å²) in [6.07, 6.45) is 2.40. The molecule has 1 aromatic carbocycles. The lowest BCUT2D eigenvalue weighted by Crippen LogP contribution is -2.09. The highest BCUT2D eigenvalue weighted by molar-refractivity contribution is 6.02. The number of nitrogens with one attached hydrogen (secondary N) is 1. The number of anilines is 1. The largest absolute Gasteiger partial charge is 0.478 e. The predicted octanol–water partition coefficient (Wildman–Crippen LogP) is 1.83. The number of ether oxygens (including phenoxy) is 1. The molecule has 0 heterocycles. The van der Waals surface area contributed by atoms with Crippen molar-refractivity contribution >= 4 is 23.5 Å². The molecule has 0 aromatic heterocycles. The summed E-state index contributed by atoms with van der Waals surface area (Å²) in [5, 5.41) is 10.8. The van der Waals surface area contributed by atoms with Crippen LogP contribution in [0.1, 0.15) is 23.7 Å². The SMILES string of the molecule is CCCOC(=O)c1ccc(NC(=O)C=CC(=O)O)cc1. The van der Waals surface area contributed by atoms with Crippen LogP contribution in [0.4, 0.5) is 5.69 Å². The van der Waals surface area contributed by atoms with E-state index in [0.29, 0.717) is 17.9 Å². The molecule has 106 valence electrons. The standard InChI is InChI=1S/C14H15NO5/c1-2-9-20-14(19)10-3-5-11(6-4-10)15-12(16)7-8-13(17)18/h3-8H,2,9H2,1H3,(H,15,16)(H,17,18). The fourth-order valence-electron chi connectivity index (χ4n) is 1.30. The van der Waals surface area contributed by atoms with E-state index in [4.69, 9.17) is 9.84 Å². The summed E-state index contributed by atoms with van der Waals surface area (Å²) < 4.78 is 4.96. The fourth-order valence-corrected chi connectivity index (χ4v) is 1.30. The quantitative estimate of drug-likeness (QED) is 0.611. The van der Waals surface area contributed by atoms with Crippen molar-refractivity contribution in [3.05, 3.63) is 42.0 Å². The highest BCUT2D eigenvalue weighted by Crippen LogP contribution is 2.10. The van der Waals surface area contributed by atoms with Crippen molar-refractivity contribution in [3.8, 4) is 0 Å². The molecule has 0 bridgehead atoms. The van der Waals surface area contributed by atoms with E-state index in [9.17, 15) is 14.4 Å². The van der Waals surface area contributed by atoms with Crippen LogP contribution in [0.15, 0.2) is 36.4 Å². The van der Waals surface area contributed by atoms with Crippen molar-refractivity contribution in [1.82, 2.24) is 0 Å². The summed E-state index contributed by atoms with van der Waals surface area (Å²) in [7, 11) is 0. The normalized spacial score (nSPS) is 10.2. The number of carboxylic acid groups (broad SMARTS) is 1. The monoisotopic (exact) mass is 277 g/mol. The summed E-state index contributed by atoms with van der Waals surface area (Å²) in [6, 6.07) is 6.12. The van der Waals surface area contributed by atoms with E-state index in [2.05, 4.69) is 5.32 Å². The number of rotatable bonds is 6. The Hall–Kier alpha value is -2.63. The Kier molecular flexibility index (Phi) is 5.96. The third-order valence-electron chi connectivity index (χ3n) is 2.20. The molecule has 0 aliphatic heterocycles. The minimum absolute atomic E-state index is 0.358. The lowest BCUT2D eigenvalue weighted by Gasteiger charge is -2.05. The van der Waals surface area contributed by atoms with Gasteiger partial charge in [-0.15, -0.1) is 0 Å². The van der Waals surface area contributed by atoms with Gasteiger partial charge in [-0.3, -0.25) is 4.79 Å². The molecule has 20 heavy (non-hydrogen) atoms. The second-order valence-electron chi connectivity index (χ2n) is 3.87. The van der Waals surface area contributed by atoms with Crippen LogP contribution in [0.3, 0.4) is 0 Å². The van der Waals surface area contributed by atoms with E-state index in [-0.39, 0.29) is 0 Å². The van der Waals surface area contributed by atoms with Crippen molar-refractivity contribution in [2.45, 2.75) is 13.3 Å². The molecule has 6 heteroatoms. The van der Waals surface area contributed by atoms with Gasteiger partial charge in [0, 0.05) is 17.8 Å². The Morgan fingerprint density at radius 1 is 1.20 bits per heavy atom. The van der Waals surface area contributed by atoms with Gasteiger partial charge in [0.05, 0.1) is 12.2 Å². The van der Waals surface area contributed by atoms with Crippen LogP contribution >= 0.6 is 0 Å². The van der Waals surface area contributed by atoms with E-state index in [1.807, 2.05) is 6.92 Å². The van der Waals surface area contributed by atoms with Crippen LogP contribution in [0.5, 0.6) is 0 Å². The second-order valence-corrected chi connectivity index (χ2v) is 3.87. The number of amides is 1. The van der Waals surface area contributed by atoms with Crippen LogP contribution < -0.4 is 5.32 Å². The number of carboxylic acids is 1. The van der Waals surface area contributed by atoms with Crippen LogP contribution in [0.25, 0.3) is 0 Å². The van der Waals surface area contributed by atoms with Gasteiger partial charge in [0.15, 0.2) is 0 Å². The number of carbonyl (C=O) groups excluding carboxylic acids is 2. The van der Waals surface area contributed by atoms with Crippen LogP contribution in [0, 0.1) is 0 Å². The third-order valence-corrected chi connectivity index (χ3v) is 2.20. The third kappa shape index (κ3) is 5.34. The maximum absolute atomic E-state index is 11.5. The highest BCUT2D eigenvalue weighted by Gasteiger charge is 2.06. The summed E-state index contributed by atoms with van der Waals surface area (Å²) in [5.41, 5.74) is 0.842. The topological polar surface area (TPSA) is 92.7 Å². The summed E-state index contributed by atoms with van der Waals surface area (Å²) in [6.45, 7) is 2.26. The number of carbonyl (C=O) groups is 3. The number of hydrogen-bond acceptors (Lipinski definition) is 4. The highest BCUT2D eigenvalue weighted by atomic mass is 16.5. The molecule has 0 atom stereocenters. The Bertz CT molecular complexity index is 519. The Labute approximate surface area is 116 Å². The van der Waals surface area contributed by atoms with Crippen LogP contribution in [-0.2, 0) is 14.3 Å². The Balaban J connectivity index is 2.60. The van der Waals surface area contributed by atoms with Gasteiger partial charge in [-0.05, 0) is 30.7 Å². The second kappa shape index (κ2) is 7.73. The summed E-state index contributed by atoms with van der Waals surface area (Å²) in [5.74, 6) is -2.18. The number of benzene rings is 1. The molecule has 0 unspecified atom stereocenters. The minimum atomic E-state index is -1.20. The van der Waals surface area contributed by atoms with Crippen molar-refractivity contribution in [2.75, 3.05) is 11.9 Å². The smallest absolute Gasteiger partial charge is 0.338 e. The number of hydrogen-bond donors (Lipinski definition) is 2. The van der Waals surface area contributed by atoms with E-state index >= 15 is 0 Å². The predicted molar refractivity (Wildman–Crippen MR) is 72.4 cm³/mol. The first kappa shape index (κ1) is 15.4. The minimum Gasteiger partial charge on any atom is -0.478 e.